The zero-order valence-corrected chi connectivity index (χ0v) is 15.4. The lowest BCUT2D eigenvalue weighted by Crippen LogP contribution is -2.35. The number of nitro groups is 1. The van der Waals surface area contributed by atoms with E-state index in [2.05, 4.69) is 10.1 Å². The number of hydrogen-bond acceptors (Lipinski definition) is 6. The van der Waals surface area contributed by atoms with Gasteiger partial charge in [0.15, 0.2) is 11.5 Å². The molecule has 0 heterocycles. The van der Waals surface area contributed by atoms with Gasteiger partial charge in [0.05, 0.1) is 24.6 Å². The summed E-state index contributed by atoms with van der Waals surface area (Å²) >= 11 is 0. The molecule has 0 bridgehead atoms. The third kappa shape index (κ3) is 5.61. The van der Waals surface area contributed by atoms with Gasteiger partial charge in [-0.25, -0.2) is 0 Å². The van der Waals surface area contributed by atoms with Crippen LogP contribution in [0.3, 0.4) is 0 Å². The van der Waals surface area contributed by atoms with E-state index in [1.807, 2.05) is 0 Å². The molecule has 0 saturated heterocycles. The number of anilines is 1. The SMILES string of the molecule is COc1cc(C(=O)N(C)CC(=O)Nc2ccccc2)c([N+](=O)[O-])cc1OC(F)F. The van der Waals surface area contributed by atoms with Gasteiger partial charge in [-0.3, -0.25) is 19.7 Å². The molecule has 0 aliphatic heterocycles. The molecule has 2 rings (SSSR count). The van der Waals surface area contributed by atoms with Crippen LogP contribution in [0, 0.1) is 10.1 Å². The number of nitrogens with zero attached hydrogens (tertiary/aromatic N) is 2. The highest BCUT2D eigenvalue weighted by Gasteiger charge is 2.28. The monoisotopic (exact) mass is 409 g/mol. The lowest BCUT2D eigenvalue weighted by atomic mass is 10.1. The minimum absolute atomic E-state index is 0.290. The summed E-state index contributed by atoms with van der Waals surface area (Å²) in [6.45, 7) is -3.64. The Morgan fingerprint density at radius 1 is 1.21 bits per heavy atom. The van der Waals surface area contributed by atoms with Crippen molar-refractivity contribution in [2.75, 3.05) is 26.0 Å². The molecule has 1 N–H and O–H groups in total. The number of halogens is 2. The number of amides is 2. The Labute approximate surface area is 164 Å². The van der Waals surface area contributed by atoms with Crippen molar-refractivity contribution in [1.29, 1.82) is 0 Å². The summed E-state index contributed by atoms with van der Waals surface area (Å²) in [5, 5.41) is 13.9. The van der Waals surface area contributed by atoms with Crippen molar-refractivity contribution in [2.24, 2.45) is 0 Å². The fourth-order valence-corrected chi connectivity index (χ4v) is 2.43. The number of rotatable bonds is 8. The van der Waals surface area contributed by atoms with Crippen molar-refractivity contribution in [3.8, 4) is 11.5 Å². The Bertz CT molecular complexity index is 908. The summed E-state index contributed by atoms with van der Waals surface area (Å²) in [4.78, 5) is 36.1. The predicted octanol–water partition coefficient (Wildman–Crippen LogP) is 2.92. The number of nitro benzene ring substituents is 1. The highest BCUT2D eigenvalue weighted by atomic mass is 19.3. The van der Waals surface area contributed by atoms with Gasteiger partial charge >= 0.3 is 6.61 Å². The fourth-order valence-electron chi connectivity index (χ4n) is 2.43. The number of carbonyl (C=O) groups excluding carboxylic acids is 2. The van der Waals surface area contributed by atoms with Gasteiger partial charge in [0.2, 0.25) is 5.91 Å². The molecule has 0 saturated carbocycles. The summed E-state index contributed by atoms with van der Waals surface area (Å²) in [7, 11) is 2.40. The summed E-state index contributed by atoms with van der Waals surface area (Å²) in [5.74, 6) is -2.28. The lowest BCUT2D eigenvalue weighted by Gasteiger charge is -2.18. The van der Waals surface area contributed by atoms with Gasteiger partial charge in [-0.1, -0.05) is 18.2 Å². The summed E-state index contributed by atoms with van der Waals surface area (Å²) in [6.07, 6.45) is 0. The van der Waals surface area contributed by atoms with Gasteiger partial charge < -0.3 is 19.7 Å². The predicted molar refractivity (Wildman–Crippen MR) is 98.3 cm³/mol. The number of para-hydroxylation sites is 1. The first-order valence-corrected chi connectivity index (χ1v) is 8.14. The molecule has 0 aliphatic carbocycles. The first kappa shape index (κ1) is 21.5. The second-order valence-electron chi connectivity index (χ2n) is 5.73. The van der Waals surface area contributed by atoms with Crippen LogP contribution in [0.5, 0.6) is 11.5 Å². The molecule has 11 heteroatoms. The average molecular weight is 409 g/mol. The van der Waals surface area contributed by atoms with Crippen LogP contribution >= 0.6 is 0 Å². The molecule has 0 atom stereocenters. The fraction of sp³-hybridized carbons (Fsp3) is 0.222. The second kappa shape index (κ2) is 9.44. The molecule has 2 aromatic carbocycles. The zero-order valence-electron chi connectivity index (χ0n) is 15.4. The molecule has 9 nitrogen and oxygen atoms in total. The summed E-state index contributed by atoms with van der Waals surface area (Å²) in [5.41, 5.74) is -0.690. The minimum Gasteiger partial charge on any atom is -0.493 e. The molecule has 2 amide bonds. The number of benzene rings is 2. The molecule has 0 spiro atoms. The molecule has 0 aromatic heterocycles. The van der Waals surface area contributed by atoms with Gasteiger partial charge in [0, 0.05) is 18.8 Å². The van der Waals surface area contributed by atoms with Crippen molar-refractivity contribution < 1.29 is 32.8 Å². The number of methoxy groups -OCH3 is 1. The Kier molecular flexibility index (Phi) is 7.01. The van der Waals surface area contributed by atoms with Gasteiger partial charge in [-0.05, 0) is 12.1 Å². The summed E-state index contributed by atoms with van der Waals surface area (Å²) in [6, 6.07) is 10.1. The van der Waals surface area contributed by atoms with Gasteiger partial charge in [-0.2, -0.15) is 8.78 Å². The standard InChI is InChI=1S/C18H17F2N3O6/c1-22(10-16(24)21-11-6-4-3-5-7-11)17(25)12-8-14(28-2)15(29-18(19)20)9-13(12)23(26)27/h3-9,18H,10H2,1-2H3,(H,21,24). The van der Waals surface area contributed by atoms with Crippen LogP contribution < -0.4 is 14.8 Å². The van der Waals surface area contributed by atoms with E-state index < -0.39 is 46.9 Å². The first-order chi connectivity index (χ1) is 13.7. The number of alkyl halides is 2. The zero-order chi connectivity index (χ0) is 21.6. The Morgan fingerprint density at radius 3 is 2.41 bits per heavy atom. The summed E-state index contributed by atoms with van der Waals surface area (Å²) < 4.78 is 34.1. The maximum atomic E-state index is 12.7. The molecule has 2 aromatic rings. The Hall–Kier alpha value is -3.76. The number of ether oxygens (including phenoxy) is 2. The van der Waals surface area contributed by atoms with Crippen LogP contribution in [-0.4, -0.2) is 49.0 Å². The molecule has 0 fully saturated rings. The van der Waals surface area contributed by atoms with Crippen LogP contribution in [0.1, 0.15) is 10.4 Å². The second-order valence-corrected chi connectivity index (χ2v) is 5.73. The van der Waals surface area contributed by atoms with E-state index in [9.17, 15) is 28.5 Å². The Morgan fingerprint density at radius 2 is 1.86 bits per heavy atom. The largest absolute Gasteiger partial charge is 0.493 e. The van der Waals surface area contributed by atoms with Crippen LogP contribution in [-0.2, 0) is 4.79 Å². The van der Waals surface area contributed by atoms with E-state index in [0.717, 1.165) is 18.1 Å². The van der Waals surface area contributed by atoms with Crippen molar-refractivity contribution in [2.45, 2.75) is 6.61 Å². The molecular weight excluding hydrogens is 392 g/mol. The van der Waals surface area contributed by atoms with E-state index >= 15 is 0 Å². The van der Waals surface area contributed by atoms with E-state index in [1.54, 1.807) is 30.3 Å². The minimum atomic E-state index is -3.24. The van der Waals surface area contributed by atoms with E-state index in [-0.39, 0.29) is 5.75 Å². The highest BCUT2D eigenvalue weighted by molar-refractivity contribution is 6.02. The van der Waals surface area contributed by atoms with Gasteiger partial charge in [-0.15, -0.1) is 0 Å². The van der Waals surface area contributed by atoms with Crippen molar-refractivity contribution >= 4 is 23.2 Å². The number of nitrogens with one attached hydrogen (secondary N) is 1. The molecule has 0 radical (unpaired) electrons. The molecule has 154 valence electrons. The van der Waals surface area contributed by atoms with Crippen LogP contribution in [0.4, 0.5) is 20.2 Å². The quantitative estimate of drug-likeness (QED) is 0.530. The van der Waals surface area contributed by atoms with E-state index in [0.29, 0.717) is 11.8 Å². The first-order valence-electron chi connectivity index (χ1n) is 8.14. The number of carbonyl (C=O) groups is 2. The lowest BCUT2D eigenvalue weighted by molar-refractivity contribution is -0.385. The molecular formula is C18H17F2N3O6. The molecule has 0 aliphatic rings. The normalized spacial score (nSPS) is 10.4. The van der Waals surface area contributed by atoms with E-state index in [1.165, 1.54) is 7.05 Å². The smallest absolute Gasteiger partial charge is 0.387 e. The van der Waals surface area contributed by atoms with Crippen LogP contribution in [0.25, 0.3) is 0 Å². The average Bonchev–Trinajstić information content (AvgIpc) is 2.67. The third-order valence-corrected chi connectivity index (χ3v) is 3.71. The topological polar surface area (TPSA) is 111 Å². The maximum Gasteiger partial charge on any atom is 0.387 e. The van der Waals surface area contributed by atoms with Crippen LogP contribution in [0.15, 0.2) is 42.5 Å². The number of likely N-dealkylation sites (N-methyl/N-ethyl adjacent to an activating group) is 1. The van der Waals surface area contributed by atoms with Crippen LogP contribution in [0.2, 0.25) is 0 Å². The molecule has 0 unspecified atom stereocenters. The third-order valence-electron chi connectivity index (χ3n) is 3.71. The van der Waals surface area contributed by atoms with E-state index in [4.69, 9.17) is 4.74 Å². The van der Waals surface area contributed by atoms with Gasteiger partial charge in [0.25, 0.3) is 11.6 Å². The van der Waals surface area contributed by atoms with Crippen molar-refractivity contribution in [1.82, 2.24) is 4.90 Å². The van der Waals surface area contributed by atoms with Crippen molar-refractivity contribution in [3.05, 3.63) is 58.1 Å². The van der Waals surface area contributed by atoms with Gasteiger partial charge in [0.1, 0.15) is 5.56 Å². The maximum absolute atomic E-state index is 12.7. The highest BCUT2D eigenvalue weighted by Crippen LogP contribution is 2.36. The van der Waals surface area contributed by atoms with Crippen molar-refractivity contribution in [3.63, 3.8) is 0 Å². The number of hydrogen-bond donors (Lipinski definition) is 1. The Balaban J connectivity index is 2.25. The molecule has 29 heavy (non-hydrogen) atoms.